The van der Waals surface area contributed by atoms with Crippen LogP contribution < -0.4 is 0 Å². The fourth-order valence-electron chi connectivity index (χ4n) is 1.76. The van der Waals surface area contributed by atoms with E-state index in [9.17, 15) is 4.79 Å². The van der Waals surface area contributed by atoms with E-state index in [1.807, 2.05) is 6.07 Å². The molecule has 0 spiro atoms. The Morgan fingerprint density at radius 1 is 1.62 bits per heavy atom. The lowest BCUT2D eigenvalue weighted by atomic mass is 10.1. The van der Waals surface area contributed by atoms with Gasteiger partial charge in [-0.3, -0.25) is 4.79 Å². The monoisotopic (exact) mass is 195 g/mol. The van der Waals surface area contributed by atoms with Crippen molar-refractivity contribution in [1.82, 2.24) is 4.90 Å². The molecule has 0 radical (unpaired) electrons. The van der Waals surface area contributed by atoms with Gasteiger partial charge in [0.15, 0.2) is 6.29 Å². The van der Waals surface area contributed by atoms with Crippen molar-refractivity contribution in [2.24, 2.45) is 0 Å². The average molecular weight is 195 g/mol. The number of rotatable bonds is 1. The average Bonchev–Trinajstić information content (AvgIpc) is 2.41. The second-order valence-electron chi connectivity index (χ2n) is 3.56. The summed E-state index contributed by atoms with van der Waals surface area (Å²) >= 11 is 1.64. The molecule has 2 nitrogen and oxygen atoms in total. The van der Waals surface area contributed by atoms with Crippen LogP contribution >= 0.6 is 11.3 Å². The van der Waals surface area contributed by atoms with Gasteiger partial charge in [0.2, 0.25) is 0 Å². The molecule has 1 aromatic rings. The molecule has 0 unspecified atom stereocenters. The highest BCUT2D eigenvalue weighted by Gasteiger charge is 2.14. The standard InChI is InChI=1S/C10H13NOS/c1-11-4-2-3-8-5-9(7-12)13-10(8)6-11/h5,7H,2-4,6H2,1H3. The van der Waals surface area contributed by atoms with E-state index in [0.29, 0.717) is 0 Å². The molecule has 0 bridgehead atoms. The van der Waals surface area contributed by atoms with E-state index in [0.717, 1.165) is 30.7 Å². The number of hydrogen-bond acceptors (Lipinski definition) is 3. The van der Waals surface area contributed by atoms with Crippen LogP contribution in [0.25, 0.3) is 0 Å². The Bertz CT molecular complexity index is 319. The van der Waals surface area contributed by atoms with E-state index in [4.69, 9.17) is 0 Å². The van der Waals surface area contributed by atoms with Crippen LogP contribution in [0.15, 0.2) is 6.07 Å². The molecule has 0 N–H and O–H groups in total. The minimum atomic E-state index is 0.875. The normalized spacial score (nSPS) is 17.9. The van der Waals surface area contributed by atoms with Gasteiger partial charge in [0.05, 0.1) is 4.88 Å². The maximum absolute atomic E-state index is 10.6. The lowest BCUT2D eigenvalue weighted by Crippen LogP contribution is -2.16. The zero-order valence-corrected chi connectivity index (χ0v) is 8.56. The van der Waals surface area contributed by atoms with Crippen LogP contribution in [0.4, 0.5) is 0 Å². The number of aldehydes is 1. The number of carbonyl (C=O) groups excluding carboxylic acids is 1. The summed E-state index contributed by atoms with van der Waals surface area (Å²) in [6.45, 7) is 2.17. The van der Waals surface area contributed by atoms with Gasteiger partial charge in [-0.15, -0.1) is 11.3 Å². The van der Waals surface area contributed by atoms with Crippen molar-refractivity contribution in [3.05, 3.63) is 21.4 Å². The minimum absolute atomic E-state index is 0.875. The van der Waals surface area contributed by atoms with Crippen molar-refractivity contribution in [3.63, 3.8) is 0 Å². The molecule has 0 amide bonds. The summed E-state index contributed by atoms with van der Waals surface area (Å²) in [5, 5.41) is 0. The molecule has 1 aliphatic rings. The Balaban J connectivity index is 2.31. The topological polar surface area (TPSA) is 20.3 Å². The lowest BCUT2D eigenvalue weighted by molar-refractivity contribution is 0.112. The number of carbonyl (C=O) groups is 1. The third-order valence-corrected chi connectivity index (χ3v) is 3.52. The summed E-state index contributed by atoms with van der Waals surface area (Å²) in [4.78, 5) is 15.2. The molecule has 2 heterocycles. The molecule has 70 valence electrons. The van der Waals surface area contributed by atoms with Crippen LogP contribution in [-0.4, -0.2) is 24.8 Å². The van der Waals surface area contributed by atoms with Gasteiger partial charge in [-0.25, -0.2) is 0 Å². The van der Waals surface area contributed by atoms with E-state index in [1.165, 1.54) is 16.9 Å². The first-order valence-corrected chi connectivity index (χ1v) is 5.36. The van der Waals surface area contributed by atoms with E-state index in [2.05, 4.69) is 11.9 Å². The Kier molecular flexibility index (Phi) is 2.47. The van der Waals surface area contributed by atoms with E-state index < -0.39 is 0 Å². The van der Waals surface area contributed by atoms with Gasteiger partial charge >= 0.3 is 0 Å². The molecule has 0 aliphatic carbocycles. The summed E-state index contributed by atoms with van der Waals surface area (Å²) < 4.78 is 0. The van der Waals surface area contributed by atoms with Crippen LogP contribution in [0.5, 0.6) is 0 Å². The van der Waals surface area contributed by atoms with Gasteiger partial charge in [-0.1, -0.05) is 0 Å². The Hall–Kier alpha value is -0.670. The first kappa shape index (κ1) is 8.91. The molecule has 2 rings (SSSR count). The number of hydrogen-bond donors (Lipinski definition) is 0. The number of nitrogens with zero attached hydrogens (tertiary/aromatic N) is 1. The molecular formula is C10H13NOS. The van der Waals surface area contributed by atoms with Gasteiger partial charge in [0.25, 0.3) is 0 Å². The molecular weight excluding hydrogens is 182 g/mol. The number of fused-ring (bicyclic) bond motifs is 1. The molecule has 3 heteroatoms. The van der Waals surface area contributed by atoms with Crippen molar-refractivity contribution in [3.8, 4) is 0 Å². The summed E-state index contributed by atoms with van der Waals surface area (Å²) in [5.41, 5.74) is 1.39. The Morgan fingerprint density at radius 3 is 3.23 bits per heavy atom. The van der Waals surface area contributed by atoms with Crippen LogP contribution in [0.3, 0.4) is 0 Å². The fourth-order valence-corrected chi connectivity index (χ4v) is 2.87. The highest BCUT2D eigenvalue weighted by Crippen LogP contribution is 2.26. The SMILES string of the molecule is CN1CCCc2cc(C=O)sc2C1. The van der Waals surface area contributed by atoms with Gasteiger partial charge in [-0.2, -0.15) is 0 Å². The predicted molar refractivity (Wildman–Crippen MR) is 54.4 cm³/mol. The van der Waals surface area contributed by atoms with E-state index >= 15 is 0 Å². The minimum Gasteiger partial charge on any atom is -0.301 e. The quantitative estimate of drug-likeness (QED) is 0.638. The largest absolute Gasteiger partial charge is 0.301 e. The summed E-state index contributed by atoms with van der Waals surface area (Å²) in [6, 6.07) is 2.05. The maximum atomic E-state index is 10.6. The van der Waals surface area contributed by atoms with Crippen LogP contribution in [0.1, 0.15) is 26.5 Å². The third-order valence-electron chi connectivity index (χ3n) is 2.43. The fraction of sp³-hybridized carbons (Fsp3) is 0.500. The molecule has 1 aliphatic heterocycles. The summed E-state index contributed by atoms with van der Waals surface area (Å²) in [5.74, 6) is 0. The predicted octanol–water partition coefficient (Wildman–Crippen LogP) is 1.94. The first-order valence-electron chi connectivity index (χ1n) is 4.55. The second kappa shape index (κ2) is 3.60. The first-order chi connectivity index (χ1) is 6.29. The smallest absolute Gasteiger partial charge is 0.160 e. The molecule has 0 aromatic carbocycles. The van der Waals surface area contributed by atoms with Crippen molar-refractivity contribution >= 4 is 17.6 Å². The highest BCUT2D eigenvalue weighted by atomic mass is 32.1. The molecule has 0 fully saturated rings. The highest BCUT2D eigenvalue weighted by molar-refractivity contribution is 7.13. The Labute approximate surface area is 82.2 Å². The van der Waals surface area contributed by atoms with Crippen molar-refractivity contribution in [2.75, 3.05) is 13.6 Å². The summed E-state index contributed by atoms with van der Waals surface area (Å²) in [6.07, 6.45) is 3.29. The van der Waals surface area contributed by atoms with Gasteiger partial charge in [0.1, 0.15) is 0 Å². The van der Waals surface area contributed by atoms with Crippen molar-refractivity contribution < 1.29 is 4.79 Å². The zero-order chi connectivity index (χ0) is 9.26. The van der Waals surface area contributed by atoms with Crippen LogP contribution in [-0.2, 0) is 13.0 Å². The molecule has 0 saturated heterocycles. The van der Waals surface area contributed by atoms with E-state index in [1.54, 1.807) is 11.3 Å². The number of aryl methyl sites for hydroxylation is 1. The zero-order valence-electron chi connectivity index (χ0n) is 7.75. The third kappa shape index (κ3) is 1.81. The molecule has 1 aromatic heterocycles. The second-order valence-corrected chi connectivity index (χ2v) is 4.72. The maximum Gasteiger partial charge on any atom is 0.160 e. The molecule has 0 atom stereocenters. The van der Waals surface area contributed by atoms with E-state index in [-0.39, 0.29) is 0 Å². The van der Waals surface area contributed by atoms with Crippen molar-refractivity contribution in [1.29, 1.82) is 0 Å². The lowest BCUT2D eigenvalue weighted by Gasteiger charge is -2.11. The van der Waals surface area contributed by atoms with Crippen LogP contribution in [0, 0.1) is 0 Å². The molecule has 0 saturated carbocycles. The van der Waals surface area contributed by atoms with Crippen molar-refractivity contribution in [2.45, 2.75) is 19.4 Å². The molecule has 13 heavy (non-hydrogen) atoms. The van der Waals surface area contributed by atoms with Crippen LogP contribution in [0.2, 0.25) is 0 Å². The summed E-state index contributed by atoms with van der Waals surface area (Å²) in [7, 11) is 2.13. The Morgan fingerprint density at radius 2 is 2.46 bits per heavy atom. The van der Waals surface area contributed by atoms with Gasteiger partial charge in [-0.05, 0) is 38.1 Å². The number of thiophene rings is 1. The van der Waals surface area contributed by atoms with Gasteiger partial charge in [0, 0.05) is 11.4 Å². The van der Waals surface area contributed by atoms with Gasteiger partial charge < -0.3 is 4.90 Å².